The van der Waals surface area contributed by atoms with Gasteiger partial charge in [-0.2, -0.15) is 0 Å². The third-order valence-corrected chi connectivity index (χ3v) is 11.7. The highest BCUT2D eigenvalue weighted by Gasteiger charge is 2.20. The largest absolute Gasteiger partial charge is 0.0622 e. The zero-order valence-electron chi connectivity index (χ0n) is 20.8. The molecule has 0 saturated heterocycles. The molecular formula is C34H32P2. The van der Waals surface area contributed by atoms with Gasteiger partial charge in [0.15, 0.2) is 0 Å². The van der Waals surface area contributed by atoms with Gasteiger partial charge in [-0.15, -0.1) is 0 Å². The predicted molar refractivity (Wildman–Crippen MR) is 161 cm³/mol. The maximum Gasteiger partial charge on any atom is 0.00103 e. The zero-order chi connectivity index (χ0) is 24.6. The van der Waals surface area contributed by atoms with Crippen molar-refractivity contribution in [3.05, 3.63) is 156 Å². The average Bonchev–Trinajstić information content (AvgIpc) is 2.96. The van der Waals surface area contributed by atoms with E-state index in [0.29, 0.717) is 0 Å². The molecule has 0 aromatic heterocycles. The van der Waals surface area contributed by atoms with E-state index in [9.17, 15) is 0 Å². The first-order valence-corrected chi connectivity index (χ1v) is 15.7. The molecule has 2 heteroatoms. The topological polar surface area (TPSA) is 0 Å². The van der Waals surface area contributed by atoms with Gasteiger partial charge in [0.25, 0.3) is 0 Å². The van der Waals surface area contributed by atoms with Crippen molar-refractivity contribution >= 4 is 37.1 Å². The highest BCUT2D eigenvalue weighted by molar-refractivity contribution is 7.72. The molecule has 0 spiro atoms. The first kappa shape index (κ1) is 24.6. The van der Waals surface area contributed by atoms with Crippen LogP contribution in [0.15, 0.2) is 140 Å². The van der Waals surface area contributed by atoms with E-state index in [0.717, 1.165) is 18.7 Å². The molecule has 0 aliphatic carbocycles. The molecule has 0 nitrogen and oxygen atoms in total. The van der Waals surface area contributed by atoms with Crippen LogP contribution in [0.1, 0.15) is 23.6 Å². The molecule has 36 heavy (non-hydrogen) atoms. The van der Waals surface area contributed by atoms with Gasteiger partial charge >= 0.3 is 0 Å². The second-order valence-electron chi connectivity index (χ2n) is 8.92. The third-order valence-electron chi connectivity index (χ3n) is 6.65. The Balaban J connectivity index is 1.52. The van der Waals surface area contributed by atoms with Gasteiger partial charge < -0.3 is 0 Å². The molecular weight excluding hydrogens is 470 g/mol. The predicted octanol–water partition coefficient (Wildman–Crippen LogP) is 7.51. The molecule has 0 aliphatic heterocycles. The Morgan fingerprint density at radius 2 is 0.694 bits per heavy atom. The molecule has 5 rings (SSSR count). The zero-order valence-corrected chi connectivity index (χ0v) is 22.6. The fourth-order valence-corrected chi connectivity index (χ4v) is 9.60. The van der Waals surface area contributed by atoms with Crippen LogP contribution in [0.25, 0.3) is 0 Å². The number of hydrogen-bond acceptors (Lipinski definition) is 0. The highest BCUT2D eigenvalue weighted by atomic mass is 31.1. The van der Waals surface area contributed by atoms with Crippen LogP contribution in [0.3, 0.4) is 0 Å². The van der Waals surface area contributed by atoms with E-state index in [4.69, 9.17) is 0 Å². The highest BCUT2D eigenvalue weighted by Crippen LogP contribution is 2.42. The summed E-state index contributed by atoms with van der Waals surface area (Å²) in [6, 6.07) is 51.4. The summed E-state index contributed by atoms with van der Waals surface area (Å²) in [7, 11) is -0.928. The minimum Gasteiger partial charge on any atom is -0.0622 e. The average molecular weight is 503 g/mol. The van der Waals surface area contributed by atoms with Crippen molar-refractivity contribution in [3.63, 3.8) is 0 Å². The van der Waals surface area contributed by atoms with Gasteiger partial charge in [-0.05, 0) is 60.2 Å². The molecule has 0 radical (unpaired) electrons. The van der Waals surface area contributed by atoms with Gasteiger partial charge in [-0.25, -0.2) is 0 Å². The molecule has 0 bridgehead atoms. The summed E-state index contributed by atoms with van der Waals surface area (Å²) < 4.78 is 0. The second-order valence-corrected chi connectivity index (χ2v) is 13.3. The molecule has 178 valence electrons. The Hall–Kier alpha value is -3.04. The van der Waals surface area contributed by atoms with E-state index in [1.165, 1.54) is 37.9 Å². The van der Waals surface area contributed by atoms with E-state index in [2.05, 4.69) is 146 Å². The van der Waals surface area contributed by atoms with E-state index < -0.39 is 15.8 Å². The first-order chi connectivity index (χ1) is 17.8. The van der Waals surface area contributed by atoms with Crippen LogP contribution in [0.4, 0.5) is 0 Å². The van der Waals surface area contributed by atoms with E-state index in [1.54, 1.807) is 0 Å². The lowest BCUT2D eigenvalue weighted by Crippen LogP contribution is -2.15. The van der Waals surface area contributed by atoms with E-state index in [-0.39, 0.29) is 0 Å². The minimum absolute atomic E-state index is 0.464. The SMILES string of the molecule is CCc1c(CP(c2ccccc2)c2ccccc2)cccc1CP(c1ccccc1)c1ccccc1. The van der Waals surface area contributed by atoms with Gasteiger partial charge in [0.2, 0.25) is 0 Å². The van der Waals surface area contributed by atoms with Crippen LogP contribution in [0.5, 0.6) is 0 Å². The van der Waals surface area contributed by atoms with E-state index >= 15 is 0 Å². The molecule has 5 aromatic rings. The van der Waals surface area contributed by atoms with Crippen LogP contribution in [0.2, 0.25) is 0 Å². The molecule has 0 amide bonds. The Kier molecular flexibility index (Phi) is 8.40. The van der Waals surface area contributed by atoms with Crippen molar-refractivity contribution in [1.29, 1.82) is 0 Å². The van der Waals surface area contributed by atoms with E-state index in [1.807, 2.05) is 0 Å². The quantitative estimate of drug-likeness (QED) is 0.183. The van der Waals surface area contributed by atoms with Gasteiger partial charge in [-0.1, -0.05) is 146 Å². The van der Waals surface area contributed by atoms with Gasteiger partial charge in [0, 0.05) is 12.3 Å². The summed E-state index contributed by atoms with van der Waals surface area (Å²) in [5.41, 5.74) is 4.55. The van der Waals surface area contributed by atoms with Crippen LogP contribution >= 0.6 is 15.8 Å². The Labute approximate surface area is 218 Å². The molecule has 0 N–H and O–H groups in total. The molecule has 0 heterocycles. The van der Waals surface area contributed by atoms with Crippen LogP contribution < -0.4 is 21.2 Å². The summed E-state index contributed by atoms with van der Waals surface area (Å²) >= 11 is 0. The maximum absolute atomic E-state index is 2.37. The van der Waals surface area contributed by atoms with Crippen LogP contribution in [0, 0.1) is 0 Å². The normalized spacial score (nSPS) is 11.2. The summed E-state index contributed by atoms with van der Waals surface area (Å²) in [5, 5.41) is 5.79. The summed E-state index contributed by atoms with van der Waals surface area (Å²) in [6.45, 7) is 2.32. The smallest absolute Gasteiger partial charge is 0.00103 e. The lowest BCUT2D eigenvalue weighted by Gasteiger charge is -2.24. The number of rotatable bonds is 9. The van der Waals surface area contributed by atoms with Crippen molar-refractivity contribution < 1.29 is 0 Å². The lowest BCUT2D eigenvalue weighted by atomic mass is 10.0. The standard InChI is InChI=1S/C34H32P2/c1-2-34-28(26-35(30-18-7-3-8-19-30)31-20-9-4-10-21-31)16-15-17-29(34)27-36(32-22-11-5-12-23-32)33-24-13-6-14-25-33/h3-25H,2,26-27H2,1H3. The summed E-state index contributed by atoms with van der Waals surface area (Å²) in [5.74, 6) is 0. The first-order valence-electron chi connectivity index (χ1n) is 12.7. The fraction of sp³-hybridized carbons (Fsp3) is 0.118. The van der Waals surface area contributed by atoms with Crippen molar-refractivity contribution in [2.24, 2.45) is 0 Å². The fourth-order valence-electron chi connectivity index (χ4n) is 4.87. The van der Waals surface area contributed by atoms with Gasteiger partial charge in [0.05, 0.1) is 0 Å². The molecule has 0 fully saturated rings. The van der Waals surface area contributed by atoms with Crippen LogP contribution in [-0.4, -0.2) is 0 Å². The van der Waals surface area contributed by atoms with Crippen LogP contribution in [-0.2, 0) is 18.7 Å². The molecule has 5 aromatic carbocycles. The Morgan fingerprint density at radius 1 is 0.389 bits per heavy atom. The minimum atomic E-state index is -0.464. The summed E-state index contributed by atoms with van der Waals surface area (Å²) in [6.07, 6.45) is 3.22. The number of hydrogen-bond donors (Lipinski definition) is 0. The molecule has 0 saturated carbocycles. The molecule has 0 unspecified atom stereocenters. The maximum atomic E-state index is 2.37. The molecule has 0 atom stereocenters. The lowest BCUT2D eigenvalue weighted by molar-refractivity contribution is 1.06. The van der Waals surface area contributed by atoms with Gasteiger partial charge in [0.1, 0.15) is 0 Å². The Bertz CT molecular complexity index is 1170. The van der Waals surface area contributed by atoms with Crippen molar-refractivity contribution in [2.75, 3.05) is 0 Å². The van der Waals surface area contributed by atoms with Gasteiger partial charge in [-0.3, -0.25) is 0 Å². The van der Waals surface area contributed by atoms with Crippen molar-refractivity contribution in [3.8, 4) is 0 Å². The van der Waals surface area contributed by atoms with Crippen molar-refractivity contribution in [1.82, 2.24) is 0 Å². The van der Waals surface area contributed by atoms with Crippen molar-refractivity contribution in [2.45, 2.75) is 25.7 Å². The second kappa shape index (κ2) is 12.3. The molecule has 0 aliphatic rings. The summed E-state index contributed by atoms with van der Waals surface area (Å²) in [4.78, 5) is 0. The monoisotopic (exact) mass is 502 g/mol. The Morgan fingerprint density at radius 3 is 0.972 bits per heavy atom. The third kappa shape index (κ3) is 5.84. The number of benzene rings is 5.